The van der Waals surface area contributed by atoms with Crippen molar-refractivity contribution in [2.75, 3.05) is 0 Å². The lowest BCUT2D eigenvalue weighted by Crippen LogP contribution is -2.63. The van der Waals surface area contributed by atoms with Crippen LogP contribution in [0.4, 0.5) is 0 Å². The van der Waals surface area contributed by atoms with Crippen molar-refractivity contribution >= 4 is 22.6 Å². The van der Waals surface area contributed by atoms with Gasteiger partial charge in [0.1, 0.15) is 11.0 Å². The van der Waals surface area contributed by atoms with Gasteiger partial charge >= 0.3 is 0 Å². The van der Waals surface area contributed by atoms with E-state index < -0.39 is 0 Å². The minimum atomic E-state index is 0.162. The van der Waals surface area contributed by atoms with Crippen LogP contribution in [0.3, 0.4) is 0 Å². The van der Waals surface area contributed by atoms with Crippen molar-refractivity contribution in [3.8, 4) is 0 Å². The molecule has 3 rings (SSSR count). The monoisotopic (exact) mass is 310 g/mol. The second-order valence-electron chi connectivity index (χ2n) is 8.09. The number of nitrogens with zero attached hydrogens (tertiary/aromatic N) is 3. The molecule has 0 spiro atoms. The van der Waals surface area contributed by atoms with Gasteiger partial charge in [-0.3, -0.25) is 0 Å². The minimum absolute atomic E-state index is 0.162. The summed E-state index contributed by atoms with van der Waals surface area (Å²) in [7, 11) is 0. The van der Waals surface area contributed by atoms with Crippen molar-refractivity contribution < 1.29 is 0 Å². The Hall–Kier alpha value is -0.610. The van der Waals surface area contributed by atoms with Crippen LogP contribution in [0.25, 0.3) is 0 Å². The fourth-order valence-corrected chi connectivity index (χ4v) is 4.28. The molecule has 21 heavy (non-hydrogen) atoms. The Bertz CT molecular complexity index is 461. The van der Waals surface area contributed by atoms with Crippen LogP contribution in [0, 0.1) is 0 Å². The van der Waals surface area contributed by atoms with E-state index in [9.17, 15) is 0 Å². The van der Waals surface area contributed by atoms with Crippen LogP contribution in [0.1, 0.15) is 66.2 Å². The minimum Gasteiger partial charge on any atom is -0.352 e. The van der Waals surface area contributed by atoms with E-state index in [1.165, 1.54) is 12.8 Å². The number of hydrogen-bond acceptors (Lipinski definition) is 4. The van der Waals surface area contributed by atoms with Gasteiger partial charge in [-0.05, 0) is 53.4 Å². The highest BCUT2D eigenvalue weighted by atomic mass is 35.5. The fraction of sp³-hybridized carbons (Fsp3) is 0.875. The topological polar surface area (TPSA) is 40.0 Å². The summed E-state index contributed by atoms with van der Waals surface area (Å²) in [5.41, 5.74) is 0.325. The van der Waals surface area contributed by atoms with Gasteiger partial charge in [0.25, 0.3) is 0 Å². The van der Waals surface area contributed by atoms with Crippen LogP contribution >= 0.6 is 11.6 Å². The van der Waals surface area contributed by atoms with Crippen molar-refractivity contribution in [3.05, 3.63) is 0 Å². The number of nitrogens with one attached hydrogen (secondary N) is 1. The lowest BCUT2D eigenvalue weighted by molar-refractivity contribution is 0.0986. The molecule has 0 amide bonds. The molecule has 5 heteroatoms. The molecule has 1 saturated carbocycles. The van der Waals surface area contributed by atoms with E-state index in [0.717, 1.165) is 31.5 Å². The molecule has 3 aliphatic rings. The van der Waals surface area contributed by atoms with Crippen molar-refractivity contribution in [1.29, 1.82) is 0 Å². The van der Waals surface area contributed by atoms with E-state index in [1.54, 1.807) is 0 Å². The van der Waals surface area contributed by atoms with E-state index in [4.69, 9.17) is 11.6 Å². The summed E-state index contributed by atoms with van der Waals surface area (Å²) < 4.78 is 0. The van der Waals surface area contributed by atoms with Crippen molar-refractivity contribution in [2.45, 2.75) is 89.4 Å². The second kappa shape index (κ2) is 5.24. The van der Waals surface area contributed by atoms with Gasteiger partial charge < -0.3 is 10.2 Å². The summed E-state index contributed by atoms with van der Waals surface area (Å²) in [5.74, 6) is 1.15. The summed E-state index contributed by atoms with van der Waals surface area (Å²) in [6.07, 6.45) is 6.67. The van der Waals surface area contributed by atoms with Crippen molar-refractivity contribution in [1.82, 2.24) is 10.2 Å². The highest BCUT2D eigenvalue weighted by Gasteiger charge is 2.44. The van der Waals surface area contributed by atoms with Crippen LogP contribution in [-0.4, -0.2) is 39.1 Å². The Morgan fingerprint density at radius 2 is 1.62 bits per heavy atom. The number of halogens is 1. The third-order valence-electron chi connectivity index (χ3n) is 4.63. The number of piperidine rings is 1. The van der Waals surface area contributed by atoms with Gasteiger partial charge in [-0.25, -0.2) is 0 Å². The van der Waals surface area contributed by atoms with Crippen molar-refractivity contribution in [2.24, 2.45) is 10.2 Å². The molecule has 1 saturated heterocycles. The van der Waals surface area contributed by atoms with E-state index in [1.807, 2.05) is 0 Å². The molecule has 0 aromatic rings. The molecular formula is C16H27ClN4. The molecule has 0 aromatic carbocycles. The standard InChI is InChI=1S/C16H27ClN4/c1-15(2)9-12(10-16(3,4)20-15)21(11-5-6-11)14-8-7-13(17)18-19-14/h11-12,20H,5-10H2,1-4H3. The van der Waals surface area contributed by atoms with Gasteiger partial charge in [0, 0.05) is 36.0 Å². The maximum atomic E-state index is 5.97. The molecule has 0 atom stereocenters. The highest BCUT2D eigenvalue weighted by molar-refractivity contribution is 6.65. The van der Waals surface area contributed by atoms with E-state index >= 15 is 0 Å². The third kappa shape index (κ3) is 3.59. The van der Waals surface area contributed by atoms with E-state index in [2.05, 4.69) is 48.1 Å². The largest absolute Gasteiger partial charge is 0.352 e. The first-order chi connectivity index (χ1) is 9.76. The van der Waals surface area contributed by atoms with Gasteiger partial charge in [0.05, 0.1) is 0 Å². The number of hydrogen-bond donors (Lipinski definition) is 1. The molecule has 2 aliphatic heterocycles. The Labute approximate surface area is 133 Å². The SMILES string of the molecule is CC1(C)CC(N(C2=NN=C(Cl)CC2)C2CC2)CC(C)(C)N1. The zero-order valence-electron chi connectivity index (χ0n) is 13.6. The van der Waals surface area contributed by atoms with Crippen LogP contribution in [-0.2, 0) is 0 Å². The van der Waals surface area contributed by atoms with Crippen molar-refractivity contribution in [3.63, 3.8) is 0 Å². The van der Waals surface area contributed by atoms with Crippen LogP contribution < -0.4 is 5.32 Å². The van der Waals surface area contributed by atoms with Gasteiger partial charge in [0.15, 0.2) is 0 Å². The van der Waals surface area contributed by atoms with Crippen LogP contribution in [0.15, 0.2) is 10.2 Å². The molecule has 4 nitrogen and oxygen atoms in total. The van der Waals surface area contributed by atoms with E-state index in [-0.39, 0.29) is 11.1 Å². The zero-order valence-corrected chi connectivity index (χ0v) is 14.4. The third-order valence-corrected chi connectivity index (χ3v) is 4.89. The lowest BCUT2D eigenvalue weighted by Gasteiger charge is -2.50. The first-order valence-corrected chi connectivity index (χ1v) is 8.50. The molecule has 0 aromatic heterocycles. The molecule has 1 N–H and O–H groups in total. The molecule has 118 valence electrons. The van der Waals surface area contributed by atoms with Gasteiger partial charge in [-0.15, -0.1) is 10.2 Å². The molecule has 2 fully saturated rings. The number of rotatable bonds is 2. The summed E-state index contributed by atoms with van der Waals surface area (Å²) in [6.45, 7) is 9.24. The lowest BCUT2D eigenvalue weighted by atomic mass is 9.78. The fourth-order valence-electron chi connectivity index (χ4n) is 4.15. The van der Waals surface area contributed by atoms with E-state index in [0.29, 0.717) is 17.3 Å². The van der Waals surface area contributed by atoms with Gasteiger partial charge in [0.2, 0.25) is 0 Å². The summed E-state index contributed by atoms with van der Waals surface area (Å²) in [4.78, 5) is 2.58. The summed E-state index contributed by atoms with van der Waals surface area (Å²) >= 11 is 5.97. The van der Waals surface area contributed by atoms with Crippen LogP contribution in [0.5, 0.6) is 0 Å². The Morgan fingerprint density at radius 3 is 2.10 bits per heavy atom. The zero-order chi connectivity index (χ0) is 15.3. The Morgan fingerprint density at radius 1 is 1.00 bits per heavy atom. The average molecular weight is 311 g/mol. The molecule has 0 unspecified atom stereocenters. The first kappa shape index (κ1) is 15.3. The Kier molecular flexibility index (Phi) is 3.81. The second-order valence-corrected chi connectivity index (χ2v) is 8.52. The smallest absolute Gasteiger partial charge is 0.129 e. The number of amidine groups is 1. The summed E-state index contributed by atoms with van der Waals surface area (Å²) in [5, 5.41) is 13.0. The summed E-state index contributed by atoms with van der Waals surface area (Å²) in [6, 6.07) is 1.22. The highest BCUT2D eigenvalue weighted by Crippen LogP contribution is 2.38. The molecular weight excluding hydrogens is 284 g/mol. The quantitative estimate of drug-likeness (QED) is 0.848. The predicted octanol–water partition coefficient (Wildman–Crippen LogP) is 3.50. The Balaban J connectivity index is 1.84. The normalized spacial score (nSPS) is 28.8. The average Bonchev–Trinajstić information content (AvgIpc) is 3.12. The molecule has 1 aliphatic carbocycles. The molecule has 0 radical (unpaired) electrons. The molecule has 2 heterocycles. The first-order valence-electron chi connectivity index (χ1n) is 8.12. The molecule has 0 bridgehead atoms. The maximum absolute atomic E-state index is 5.97. The predicted molar refractivity (Wildman–Crippen MR) is 89.1 cm³/mol. The maximum Gasteiger partial charge on any atom is 0.129 e. The van der Waals surface area contributed by atoms with Crippen LogP contribution in [0.2, 0.25) is 0 Å². The van der Waals surface area contributed by atoms with Gasteiger partial charge in [-0.1, -0.05) is 11.6 Å². The van der Waals surface area contributed by atoms with Gasteiger partial charge in [-0.2, -0.15) is 0 Å².